The molecule has 3 aromatic rings. The Morgan fingerprint density at radius 2 is 1.83 bits per heavy atom. The lowest BCUT2D eigenvalue weighted by molar-refractivity contribution is 1.46. The first-order valence-corrected chi connectivity index (χ1v) is 7.21. The fourth-order valence-electron chi connectivity index (χ4n) is 1.72. The second-order valence-electron chi connectivity index (χ2n) is 3.91. The highest BCUT2D eigenvalue weighted by Gasteiger charge is 2.01. The van der Waals surface area contributed by atoms with E-state index in [2.05, 4.69) is 51.3 Å². The molecule has 0 aliphatic rings. The molecule has 1 heterocycles. The standard InChI is InChI=1S/C15H10BrNS/c16-12-7-8-14-13(10-12)17-15(18-14)9-6-11-4-2-1-3-5-11/h1-10H/b9-6+. The summed E-state index contributed by atoms with van der Waals surface area (Å²) < 4.78 is 2.28. The van der Waals surface area contributed by atoms with Gasteiger partial charge >= 0.3 is 0 Å². The van der Waals surface area contributed by atoms with Crippen molar-refractivity contribution in [3.05, 3.63) is 63.6 Å². The van der Waals surface area contributed by atoms with Crippen molar-refractivity contribution in [2.45, 2.75) is 0 Å². The van der Waals surface area contributed by atoms with E-state index >= 15 is 0 Å². The third-order valence-electron chi connectivity index (χ3n) is 2.58. The summed E-state index contributed by atoms with van der Waals surface area (Å²) in [6, 6.07) is 16.4. The summed E-state index contributed by atoms with van der Waals surface area (Å²) in [4.78, 5) is 4.59. The molecule has 0 radical (unpaired) electrons. The van der Waals surface area contributed by atoms with Crippen molar-refractivity contribution in [1.29, 1.82) is 0 Å². The number of benzene rings is 2. The predicted molar refractivity (Wildman–Crippen MR) is 82.7 cm³/mol. The van der Waals surface area contributed by atoms with Gasteiger partial charge in [0.05, 0.1) is 10.2 Å². The maximum Gasteiger partial charge on any atom is 0.117 e. The molecule has 0 amide bonds. The van der Waals surface area contributed by atoms with Crippen LogP contribution in [0.1, 0.15) is 10.6 Å². The molecule has 0 atom stereocenters. The number of halogens is 1. The second-order valence-corrected chi connectivity index (χ2v) is 5.89. The van der Waals surface area contributed by atoms with Crippen LogP contribution in [-0.4, -0.2) is 4.98 Å². The fraction of sp³-hybridized carbons (Fsp3) is 0. The molecule has 2 aromatic carbocycles. The Hall–Kier alpha value is -1.45. The smallest absolute Gasteiger partial charge is 0.117 e. The molecule has 0 saturated carbocycles. The van der Waals surface area contributed by atoms with Gasteiger partial charge in [-0.15, -0.1) is 11.3 Å². The van der Waals surface area contributed by atoms with Crippen LogP contribution >= 0.6 is 27.3 Å². The van der Waals surface area contributed by atoms with E-state index in [-0.39, 0.29) is 0 Å². The molecule has 0 spiro atoms. The summed E-state index contributed by atoms with van der Waals surface area (Å²) in [6.07, 6.45) is 4.15. The van der Waals surface area contributed by atoms with Crippen LogP contribution in [0.15, 0.2) is 53.0 Å². The van der Waals surface area contributed by atoms with Gasteiger partial charge in [-0.1, -0.05) is 52.3 Å². The van der Waals surface area contributed by atoms with Crippen LogP contribution in [0.5, 0.6) is 0 Å². The van der Waals surface area contributed by atoms with Gasteiger partial charge in [0, 0.05) is 4.47 Å². The minimum absolute atomic E-state index is 1.03. The maximum absolute atomic E-state index is 4.59. The van der Waals surface area contributed by atoms with E-state index in [1.165, 1.54) is 10.3 Å². The molecule has 0 N–H and O–H groups in total. The maximum atomic E-state index is 4.59. The quantitative estimate of drug-likeness (QED) is 0.631. The normalized spacial score (nSPS) is 11.4. The first-order valence-electron chi connectivity index (χ1n) is 5.60. The molecule has 18 heavy (non-hydrogen) atoms. The van der Waals surface area contributed by atoms with Crippen molar-refractivity contribution in [1.82, 2.24) is 4.98 Å². The minimum Gasteiger partial charge on any atom is -0.237 e. The van der Waals surface area contributed by atoms with Gasteiger partial charge in [0.1, 0.15) is 5.01 Å². The van der Waals surface area contributed by atoms with Gasteiger partial charge in [0.2, 0.25) is 0 Å². The Kier molecular flexibility index (Phi) is 3.26. The number of fused-ring (bicyclic) bond motifs is 1. The van der Waals surface area contributed by atoms with E-state index in [1.54, 1.807) is 11.3 Å². The second kappa shape index (κ2) is 5.04. The zero-order valence-corrected chi connectivity index (χ0v) is 11.9. The van der Waals surface area contributed by atoms with Crippen LogP contribution in [0.4, 0.5) is 0 Å². The van der Waals surface area contributed by atoms with Gasteiger partial charge < -0.3 is 0 Å². The summed E-state index contributed by atoms with van der Waals surface area (Å²) in [5.41, 5.74) is 2.24. The molecule has 0 aliphatic heterocycles. The minimum atomic E-state index is 1.03. The lowest BCUT2D eigenvalue weighted by Gasteiger charge is -1.89. The molecule has 3 heteroatoms. The Morgan fingerprint density at radius 3 is 2.67 bits per heavy atom. The van der Waals surface area contributed by atoms with Crippen LogP contribution in [0.25, 0.3) is 22.4 Å². The van der Waals surface area contributed by atoms with Gasteiger partial charge in [-0.2, -0.15) is 0 Å². The van der Waals surface area contributed by atoms with E-state index in [0.717, 1.165) is 15.0 Å². The third-order valence-corrected chi connectivity index (χ3v) is 4.08. The van der Waals surface area contributed by atoms with E-state index in [9.17, 15) is 0 Å². The van der Waals surface area contributed by atoms with E-state index in [4.69, 9.17) is 0 Å². The zero-order chi connectivity index (χ0) is 12.4. The van der Waals surface area contributed by atoms with Crippen LogP contribution in [0, 0.1) is 0 Å². The van der Waals surface area contributed by atoms with Gasteiger partial charge in [-0.25, -0.2) is 4.98 Å². The highest BCUT2D eigenvalue weighted by atomic mass is 79.9. The van der Waals surface area contributed by atoms with Crippen molar-refractivity contribution in [2.75, 3.05) is 0 Å². The number of nitrogens with zero attached hydrogens (tertiary/aromatic N) is 1. The topological polar surface area (TPSA) is 12.9 Å². The van der Waals surface area contributed by atoms with E-state index in [0.29, 0.717) is 0 Å². The lowest BCUT2D eigenvalue weighted by atomic mass is 10.2. The number of thiazole rings is 1. The SMILES string of the molecule is Brc1ccc2sc(/C=C/c3ccccc3)nc2c1. The number of rotatable bonds is 2. The number of hydrogen-bond acceptors (Lipinski definition) is 2. The lowest BCUT2D eigenvalue weighted by Crippen LogP contribution is -1.71. The van der Waals surface area contributed by atoms with Gasteiger partial charge in [-0.05, 0) is 29.8 Å². The van der Waals surface area contributed by atoms with Gasteiger partial charge in [0.15, 0.2) is 0 Å². The van der Waals surface area contributed by atoms with Crippen molar-refractivity contribution >= 4 is 49.6 Å². The molecule has 0 saturated heterocycles. The first kappa shape index (κ1) is 11.6. The molecule has 0 unspecified atom stereocenters. The largest absolute Gasteiger partial charge is 0.237 e. The summed E-state index contributed by atoms with van der Waals surface area (Å²) in [7, 11) is 0. The Bertz CT molecular complexity index is 701. The molecule has 1 nitrogen and oxygen atoms in total. The fourth-order valence-corrected chi connectivity index (χ4v) is 2.92. The van der Waals surface area contributed by atoms with Crippen molar-refractivity contribution < 1.29 is 0 Å². The van der Waals surface area contributed by atoms with E-state index < -0.39 is 0 Å². The molecular weight excluding hydrogens is 306 g/mol. The summed E-state index contributed by atoms with van der Waals surface area (Å²) >= 11 is 5.17. The third kappa shape index (κ3) is 2.52. The molecule has 0 fully saturated rings. The monoisotopic (exact) mass is 315 g/mol. The molecule has 3 rings (SSSR count). The first-order chi connectivity index (χ1) is 8.81. The molecular formula is C15H10BrNS. The Labute approximate surface area is 118 Å². The number of aromatic nitrogens is 1. The molecule has 0 aliphatic carbocycles. The highest BCUT2D eigenvalue weighted by molar-refractivity contribution is 9.10. The van der Waals surface area contributed by atoms with Crippen molar-refractivity contribution in [3.63, 3.8) is 0 Å². The predicted octanol–water partition coefficient (Wildman–Crippen LogP) is 5.23. The summed E-state index contributed by atoms with van der Waals surface area (Å²) in [5.74, 6) is 0. The van der Waals surface area contributed by atoms with Crippen LogP contribution in [0.3, 0.4) is 0 Å². The molecule has 0 bridgehead atoms. The Balaban J connectivity index is 1.93. The summed E-state index contributed by atoms with van der Waals surface area (Å²) in [6.45, 7) is 0. The summed E-state index contributed by atoms with van der Waals surface area (Å²) in [5, 5.41) is 1.03. The zero-order valence-electron chi connectivity index (χ0n) is 9.51. The van der Waals surface area contributed by atoms with E-state index in [1.807, 2.05) is 30.3 Å². The van der Waals surface area contributed by atoms with Crippen LogP contribution in [-0.2, 0) is 0 Å². The van der Waals surface area contributed by atoms with Gasteiger partial charge in [0.25, 0.3) is 0 Å². The van der Waals surface area contributed by atoms with Gasteiger partial charge in [-0.3, -0.25) is 0 Å². The Morgan fingerprint density at radius 1 is 1.00 bits per heavy atom. The molecule has 88 valence electrons. The van der Waals surface area contributed by atoms with Crippen LogP contribution in [0.2, 0.25) is 0 Å². The highest BCUT2D eigenvalue weighted by Crippen LogP contribution is 2.26. The van der Waals surface area contributed by atoms with Crippen molar-refractivity contribution in [3.8, 4) is 0 Å². The molecule has 1 aromatic heterocycles. The van der Waals surface area contributed by atoms with Crippen LogP contribution < -0.4 is 0 Å². The average molecular weight is 316 g/mol. The average Bonchev–Trinajstić information content (AvgIpc) is 2.79. The number of hydrogen-bond donors (Lipinski definition) is 0. The van der Waals surface area contributed by atoms with Crippen molar-refractivity contribution in [2.24, 2.45) is 0 Å².